The van der Waals surface area contributed by atoms with E-state index in [1.54, 1.807) is 0 Å². The Morgan fingerprint density at radius 3 is 1.86 bits per heavy atom. The van der Waals surface area contributed by atoms with Gasteiger partial charge in [-0.15, -0.1) is 11.3 Å². The second-order valence-corrected chi connectivity index (χ2v) is 22.5. The summed E-state index contributed by atoms with van der Waals surface area (Å²) in [6.07, 6.45) is 0. The fourth-order valence-corrected chi connectivity index (χ4v) is 12.4. The van der Waals surface area contributed by atoms with Crippen molar-refractivity contribution in [2.75, 3.05) is 5.32 Å². The fourth-order valence-electron chi connectivity index (χ4n) is 11.3. The van der Waals surface area contributed by atoms with E-state index in [0.717, 1.165) is 79.6 Å². The molecule has 14 rings (SSSR count). The summed E-state index contributed by atoms with van der Waals surface area (Å²) in [5.74, 6) is 1.78. The number of nitrogens with one attached hydrogen (secondary N) is 1. The van der Waals surface area contributed by atoms with Crippen molar-refractivity contribution in [1.29, 1.82) is 0 Å². The maximum atomic E-state index is 7.03. The van der Waals surface area contributed by atoms with Gasteiger partial charge in [-0.05, 0) is 81.5 Å². The third-order valence-corrected chi connectivity index (χ3v) is 16.1. The molecular formula is C64H49BN2O2S. The van der Waals surface area contributed by atoms with Gasteiger partial charge in [0.25, 0.3) is 0 Å². The summed E-state index contributed by atoms with van der Waals surface area (Å²) >= 11 is 1.88. The van der Waals surface area contributed by atoms with Gasteiger partial charge in [0, 0.05) is 92.1 Å². The van der Waals surface area contributed by atoms with Gasteiger partial charge in [-0.3, -0.25) is 0 Å². The highest BCUT2D eigenvalue weighted by atomic mass is 32.1. The van der Waals surface area contributed by atoms with Crippen molar-refractivity contribution in [3.05, 3.63) is 187 Å². The van der Waals surface area contributed by atoms with Crippen molar-refractivity contribution in [1.82, 2.24) is 4.57 Å². The zero-order valence-electron chi connectivity index (χ0n) is 40.1. The number of hydrogen-bond donors (Lipinski definition) is 1. The normalized spacial score (nSPS) is 12.8. The van der Waals surface area contributed by atoms with Gasteiger partial charge in [-0.2, -0.15) is 0 Å². The number of rotatable bonds is 5. The van der Waals surface area contributed by atoms with Crippen LogP contribution in [-0.4, -0.2) is 11.8 Å². The quantitative estimate of drug-likeness (QED) is 0.175. The lowest BCUT2D eigenvalue weighted by Crippen LogP contribution is -2.37. The second kappa shape index (κ2) is 14.9. The van der Waals surface area contributed by atoms with Crippen molar-refractivity contribution >= 4 is 116 Å². The third-order valence-electron chi connectivity index (χ3n) is 14.9. The predicted octanol–water partition coefficient (Wildman–Crippen LogP) is 16.8. The Morgan fingerprint density at radius 1 is 0.471 bits per heavy atom. The minimum absolute atomic E-state index is 0.00763. The Labute approximate surface area is 411 Å². The molecule has 4 nitrogen and oxygen atoms in total. The van der Waals surface area contributed by atoms with Crippen molar-refractivity contribution in [2.24, 2.45) is 0 Å². The molecular weight excluding hydrogens is 872 g/mol. The number of benzene rings is 9. The molecule has 0 fully saturated rings. The average Bonchev–Trinajstić information content (AvgIpc) is 4.12. The first kappa shape index (κ1) is 41.2. The van der Waals surface area contributed by atoms with E-state index in [0.29, 0.717) is 0 Å². The number of aromatic nitrogens is 1. The van der Waals surface area contributed by atoms with E-state index in [-0.39, 0.29) is 10.8 Å². The van der Waals surface area contributed by atoms with Crippen LogP contribution in [0.4, 0.5) is 11.4 Å². The van der Waals surface area contributed by atoms with Crippen LogP contribution in [0.5, 0.6) is 0 Å². The van der Waals surface area contributed by atoms with E-state index < -0.39 is 0 Å². The molecule has 0 spiro atoms. The van der Waals surface area contributed by atoms with Crippen LogP contribution >= 0.6 is 11.3 Å². The molecule has 0 unspecified atom stereocenters. The molecule has 0 atom stereocenters. The van der Waals surface area contributed by atoms with E-state index in [4.69, 9.17) is 8.83 Å². The van der Waals surface area contributed by atoms with Crippen LogP contribution in [0.2, 0.25) is 0 Å². The van der Waals surface area contributed by atoms with Crippen molar-refractivity contribution in [2.45, 2.75) is 52.4 Å². The Morgan fingerprint density at radius 2 is 1.13 bits per heavy atom. The number of anilines is 2. The Hall–Kier alpha value is -7.80. The first-order valence-corrected chi connectivity index (χ1v) is 25.3. The molecule has 1 N–H and O–H groups in total. The summed E-state index contributed by atoms with van der Waals surface area (Å²) < 4.78 is 19.0. The maximum absolute atomic E-state index is 7.03. The Bertz CT molecular complexity index is 4290. The molecule has 13 aromatic rings. The number of hydrogen-bond acceptors (Lipinski definition) is 4. The zero-order chi connectivity index (χ0) is 47.2. The van der Waals surface area contributed by atoms with E-state index in [9.17, 15) is 0 Å². The molecule has 5 heterocycles. The minimum atomic E-state index is -0.00763. The molecule has 9 aromatic carbocycles. The fraction of sp³-hybridized carbons (Fsp3) is 0.125. The van der Waals surface area contributed by atoms with Crippen molar-refractivity contribution in [3.8, 4) is 39.5 Å². The van der Waals surface area contributed by atoms with Gasteiger partial charge in [0.2, 0.25) is 0 Å². The van der Waals surface area contributed by atoms with Crippen LogP contribution in [0, 0.1) is 0 Å². The van der Waals surface area contributed by atoms with E-state index in [1.165, 1.54) is 75.3 Å². The molecule has 0 saturated heterocycles. The van der Waals surface area contributed by atoms with Crippen LogP contribution in [0.1, 0.15) is 52.7 Å². The Kier molecular flexibility index (Phi) is 8.74. The first-order chi connectivity index (χ1) is 33.9. The van der Waals surface area contributed by atoms with Crippen molar-refractivity contribution < 1.29 is 8.83 Å². The number of furan rings is 2. The Balaban J connectivity index is 1.07. The van der Waals surface area contributed by atoms with E-state index >= 15 is 0 Å². The van der Waals surface area contributed by atoms with Crippen molar-refractivity contribution in [3.63, 3.8) is 0 Å². The van der Waals surface area contributed by atoms with Gasteiger partial charge < -0.3 is 18.7 Å². The predicted molar refractivity (Wildman–Crippen MR) is 301 cm³/mol. The second-order valence-electron chi connectivity index (χ2n) is 21.4. The summed E-state index contributed by atoms with van der Waals surface area (Å²) in [4.78, 5) is 0. The lowest BCUT2D eigenvalue weighted by molar-refractivity contribution is 0.587. The summed E-state index contributed by atoms with van der Waals surface area (Å²) in [6.45, 7) is 13.6. The lowest BCUT2D eigenvalue weighted by atomic mass is 9.58. The SMILES string of the molecule is CC(C)(C)c1ccc(Nc2cc3oc4cc(C(C)(C)C)ccc4c3cc2-c2ccc3c4cc5c(cc4n4c3c2Bc2cc3c(-c6ccccc6)oc(-c6ccccc6)c3cc2-4)sc2ccccc25)cc1. The first-order valence-electron chi connectivity index (χ1n) is 24.4. The molecule has 336 valence electrons. The molecule has 1 aliphatic rings. The zero-order valence-corrected chi connectivity index (χ0v) is 40.9. The van der Waals surface area contributed by atoms with Crippen LogP contribution in [0.3, 0.4) is 0 Å². The lowest BCUT2D eigenvalue weighted by Gasteiger charge is -2.24. The molecule has 4 aromatic heterocycles. The van der Waals surface area contributed by atoms with Gasteiger partial charge in [-0.1, -0.05) is 168 Å². The highest BCUT2D eigenvalue weighted by molar-refractivity contribution is 7.25. The minimum Gasteiger partial charge on any atom is -0.456 e. The standard InChI is InChI=1S/C64H49BN2O2S/c1-63(2,3)38-21-24-40(25-22-38)66-52-34-56-47(41-26-23-39(64(4,5)6)29-55(41)68-56)30-45(52)43-27-28-44-46-31-48-42-19-13-14-20-57(42)70-58(48)35-53(46)67-54-33-50-49(32-51(54)65-59(43)60(44)67)61(36-15-9-7-10-16-36)69-62(50)37-17-11-8-12-18-37/h7-35,65-66H,1-6H3. The summed E-state index contributed by atoms with van der Waals surface area (Å²) in [7, 11) is 0.741. The van der Waals surface area contributed by atoms with Gasteiger partial charge in [0.05, 0.1) is 11.2 Å². The highest BCUT2D eigenvalue weighted by Gasteiger charge is 2.30. The molecule has 70 heavy (non-hydrogen) atoms. The molecule has 0 bridgehead atoms. The molecule has 0 saturated carbocycles. The number of fused-ring (bicyclic) bond motifs is 12. The van der Waals surface area contributed by atoms with E-state index in [2.05, 4.69) is 227 Å². The van der Waals surface area contributed by atoms with Gasteiger partial charge in [0.15, 0.2) is 7.28 Å². The van der Waals surface area contributed by atoms with Crippen LogP contribution < -0.4 is 16.2 Å². The topological polar surface area (TPSA) is 43.2 Å². The average molecular weight is 921 g/mol. The van der Waals surface area contributed by atoms with Crippen LogP contribution in [0.15, 0.2) is 185 Å². The van der Waals surface area contributed by atoms with E-state index in [1.807, 2.05) is 11.3 Å². The number of nitrogens with zero attached hydrogens (tertiary/aromatic N) is 1. The summed E-state index contributed by atoms with van der Waals surface area (Å²) in [5, 5.41) is 13.5. The largest absolute Gasteiger partial charge is 0.456 e. The monoisotopic (exact) mass is 920 g/mol. The summed E-state index contributed by atoms with van der Waals surface area (Å²) in [6, 6.07) is 64.8. The van der Waals surface area contributed by atoms with Gasteiger partial charge in [0.1, 0.15) is 22.7 Å². The molecule has 6 heteroatoms. The molecule has 0 aliphatic carbocycles. The molecule has 0 amide bonds. The highest BCUT2D eigenvalue weighted by Crippen LogP contribution is 2.46. The third kappa shape index (κ3) is 6.29. The summed E-state index contributed by atoms with van der Waals surface area (Å²) in [5.41, 5.74) is 17.1. The maximum Gasteiger partial charge on any atom is 0.198 e. The van der Waals surface area contributed by atoms with Crippen LogP contribution in [-0.2, 0) is 10.8 Å². The van der Waals surface area contributed by atoms with Crippen LogP contribution in [0.25, 0.3) is 114 Å². The molecule has 0 radical (unpaired) electrons. The smallest absolute Gasteiger partial charge is 0.198 e. The molecule has 1 aliphatic heterocycles. The number of thiophene rings is 1. The van der Waals surface area contributed by atoms with Gasteiger partial charge >= 0.3 is 0 Å². The van der Waals surface area contributed by atoms with Gasteiger partial charge in [-0.25, -0.2) is 0 Å².